The van der Waals surface area contributed by atoms with Gasteiger partial charge in [-0.1, -0.05) is 13.2 Å². The van der Waals surface area contributed by atoms with Crippen molar-refractivity contribution in [2.45, 2.75) is 40.9 Å². The Labute approximate surface area is 120 Å². The van der Waals surface area contributed by atoms with Crippen molar-refractivity contribution in [1.82, 2.24) is 0 Å². The lowest BCUT2D eigenvalue weighted by Crippen LogP contribution is -2.11. The molecule has 20 heavy (non-hydrogen) atoms. The summed E-state index contributed by atoms with van der Waals surface area (Å²) < 4.78 is 10.1. The van der Waals surface area contributed by atoms with Gasteiger partial charge >= 0.3 is 11.9 Å². The second kappa shape index (κ2) is 15.4. The number of hydrogen-bond acceptors (Lipinski definition) is 4. The maximum absolute atomic E-state index is 9.60. The van der Waals surface area contributed by atoms with Crippen LogP contribution in [0.25, 0.3) is 0 Å². The lowest BCUT2D eigenvalue weighted by molar-refractivity contribution is -0.133. The summed E-state index contributed by atoms with van der Waals surface area (Å²) in [6, 6.07) is 0. The van der Waals surface area contributed by atoms with Crippen LogP contribution in [0.3, 0.4) is 0 Å². The summed E-state index contributed by atoms with van der Waals surface area (Å²) in [6.45, 7) is 16.5. The van der Waals surface area contributed by atoms with E-state index in [0.717, 1.165) is 13.2 Å². The van der Waals surface area contributed by atoms with Crippen LogP contribution in [-0.2, 0) is 19.1 Å². The van der Waals surface area contributed by atoms with E-state index >= 15 is 0 Å². The summed E-state index contributed by atoms with van der Waals surface area (Å²) in [5.74, 6) is -1.87. The molecule has 0 aliphatic heterocycles. The summed E-state index contributed by atoms with van der Waals surface area (Å²) >= 11 is 0. The molecule has 2 N–H and O–H groups in total. The Morgan fingerprint density at radius 1 is 0.950 bits per heavy atom. The highest BCUT2D eigenvalue weighted by Gasteiger charge is 1.94. The summed E-state index contributed by atoms with van der Waals surface area (Å²) in [5, 5.41) is 15.8. The van der Waals surface area contributed by atoms with Crippen molar-refractivity contribution in [3.05, 3.63) is 24.3 Å². The standard InChI is InChI=1S/C6H14O2.2C4H6O2/c1-4-7-6(3)8-5-2;2*1-3(2)4(5)6/h6H,4-5H2,1-3H3;2*1H2,2H3,(H,5,6). The summed E-state index contributed by atoms with van der Waals surface area (Å²) in [4.78, 5) is 19.2. The highest BCUT2D eigenvalue weighted by atomic mass is 16.7. The van der Waals surface area contributed by atoms with Crippen LogP contribution < -0.4 is 0 Å². The van der Waals surface area contributed by atoms with Gasteiger partial charge in [-0.3, -0.25) is 0 Å². The minimum Gasteiger partial charge on any atom is -0.478 e. The molecular weight excluding hydrogens is 264 g/mol. The van der Waals surface area contributed by atoms with Gasteiger partial charge in [-0.2, -0.15) is 0 Å². The van der Waals surface area contributed by atoms with Crippen molar-refractivity contribution in [3.63, 3.8) is 0 Å². The molecule has 0 saturated carbocycles. The topological polar surface area (TPSA) is 93.1 Å². The molecule has 0 fully saturated rings. The average Bonchev–Trinajstić information content (AvgIpc) is 2.30. The van der Waals surface area contributed by atoms with Gasteiger partial charge in [-0.05, 0) is 34.6 Å². The van der Waals surface area contributed by atoms with Crippen molar-refractivity contribution in [2.75, 3.05) is 13.2 Å². The Balaban J connectivity index is -0.000000221. The van der Waals surface area contributed by atoms with Gasteiger partial charge in [0.05, 0.1) is 0 Å². The van der Waals surface area contributed by atoms with E-state index in [1.165, 1.54) is 13.8 Å². The number of aliphatic carboxylic acids is 2. The van der Waals surface area contributed by atoms with Gasteiger partial charge in [0.2, 0.25) is 0 Å². The van der Waals surface area contributed by atoms with E-state index in [-0.39, 0.29) is 17.4 Å². The Bertz CT molecular complexity index is 255. The first-order valence-corrected chi connectivity index (χ1v) is 6.10. The minimum absolute atomic E-state index is 0.0370. The van der Waals surface area contributed by atoms with Crippen molar-refractivity contribution in [3.8, 4) is 0 Å². The van der Waals surface area contributed by atoms with E-state index in [0.29, 0.717) is 0 Å². The molecule has 0 atom stereocenters. The predicted octanol–water partition coefficient (Wildman–Crippen LogP) is 2.70. The summed E-state index contributed by atoms with van der Waals surface area (Å²) in [7, 11) is 0. The number of hydrogen-bond donors (Lipinski definition) is 2. The van der Waals surface area contributed by atoms with Gasteiger partial charge in [0, 0.05) is 24.4 Å². The van der Waals surface area contributed by atoms with Crippen LogP contribution in [0.2, 0.25) is 0 Å². The highest BCUT2D eigenvalue weighted by Crippen LogP contribution is 1.90. The third-order valence-corrected chi connectivity index (χ3v) is 1.53. The molecule has 0 aliphatic carbocycles. The third kappa shape index (κ3) is 25.3. The normalized spacial score (nSPS) is 8.70. The molecular formula is C14H26O6. The van der Waals surface area contributed by atoms with Gasteiger partial charge in [-0.25, -0.2) is 9.59 Å². The van der Waals surface area contributed by atoms with E-state index in [4.69, 9.17) is 19.7 Å². The Hall–Kier alpha value is -1.66. The molecule has 0 aliphatic rings. The third-order valence-electron chi connectivity index (χ3n) is 1.53. The van der Waals surface area contributed by atoms with Crippen LogP contribution in [0.15, 0.2) is 24.3 Å². The smallest absolute Gasteiger partial charge is 0.330 e. The van der Waals surface area contributed by atoms with Crippen LogP contribution in [-0.4, -0.2) is 41.7 Å². The molecule has 118 valence electrons. The molecule has 0 aromatic carbocycles. The number of rotatable bonds is 6. The van der Waals surface area contributed by atoms with Gasteiger partial charge in [-0.15, -0.1) is 0 Å². The van der Waals surface area contributed by atoms with Crippen LogP contribution in [0.5, 0.6) is 0 Å². The van der Waals surface area contributed by atoms with Crippen LogP contribution in [0.1, 0.15) is 34.6 Å². The molecule has 0 aromatic rings. The molecule has 0 spiro atoms. The van der Waals surface area contributed by atoms with Crippen LogP contribution >= 0.6 is 0 Å². The molecule has 6 nitrogen and oxygen atoms in total. The first-order valence-electron chi connectivity index (χ1n) is 6.10. The monoisotopic (exact) mass is 290 g/mol. The maximum Gasteiger partial charge on any atom is 0.330 e. The summed E-state index contributed by atoms with van der Waals surface area (Å²) in [5.41, 5.74) is 0.352. The van der Waals surface area contributed by atoms with Gasteiger partial charge in [0.25, 0.3) is 0 Å². The molecule has 0 heterocycles. The minimum atomic E-state index is -0.935. The average molecular weight is 290 g/mol. The fourth-order valence-electron chi connectivity index (χ4n) is 0.518. The van der Waals surface area contributed by atoms with E-state index in [9.17, 15) is 9.59 Å². The Kier molecular flexibility index (Phi) is 18.0. The van der Waals surface area contributed by atoms with E-state index < -0.39 is 11.9 Å². The van der Waals surface area contributed by atoms with Crippen molar-refractivity contribution >= 4 is 11.9 Å². The molecule has 0 radical (unpaired) electrons. The molecule has 6 heteroatoms. The zero-order valence-electron chi connectivity index (χ0n) is 12.9. The first kappa shape index (κ1) is 23.4. The second-order valence-corrected chi connectivity index (χ2v) is 3.65. The van der Waals surface area contributed by atoms with Crippen LogP contribution in [0, 0.1) is 0 Å². The van der Waals surface area contributed by atoms with Crippen molar-refractivity contribution in [2.24, 2.45) is 0 Å². The molecule has 0 aromatic heterocycles. The molecule has 0 saturated heterocycles. The fourth-order valence-corrected chi connectivity index (χ4v) is 0.518. The van der Waals surface area contributed by atoms with Crippen LogP contribution in [0.4, 0.5) is 0 Å². The first-order chi connectivity index (χ1) is 9.09. The van der Waals surface area contributed by atoms with Crippen molar-refractivity contribution in [1.29, 1.82) is 0 Å². The highest BCUT2D eigenvalue weighted by molar-refractivity contribution is 5.85. The molecule has 0 unspecified atom stereocenters. The predicted molar refractivity (Wildman–Crippen MR) is 77.6 cm³/mol. The van der Waals surface area contributed by atoms with Gasteiger partial charge < -0.3 is 19.7 Å². The Morgan fingerprint density at radius 2 is 1.15 bits per heavy atom. The SMILES string of the molecule is C=C(C)C(=O)O.C=C(C)C(=O)O.CCOC(C)OCC. The van der Waals surface area contributed by atoms with Gasteiger partial charge in [0.15, 0.2) is 6.29 Å². The number of carboxylic acid groups (broad SMARTS) is 2. The maximum atomic E-state index is 9.60. The summed E-state index contributed by atoms with van der Waals surface area (Å²) in [6.07, 6.45) is -0.0370. The molecule has 0 amide bonds. The zero-order valence-corrected chi connectivity index (χ0v) is 12.9. The fraction of sp³-hybridized carbons (Fsp3) is 0.571. The lowest BCUT2D eigenvalue weighted by atomic mass is 10.4. The number of ether oxygens (including phenoxy) is 2. The second-order valence-electron chi connectivity index (χ2n) is 3.65. The van der Waals surface area contributed by atoms with Crippen molar-refractivity contribution < 1.29 is 29.3 Å². The molecule has 0 rings (SSSR count). The van der Waals surface area contributed by atoms with Gasteiger partial charge in [0.1, 0.15) is 0 Å². The number of carboxylic acids is 2. The quantitative estimate of drug-likeness (QED) is 0.577. The molecule has 0 bridgehead atoms. The Morgan fingerprint density at radius 3 is 1.25 bits per heavy atom. The lowest BCUT2D eigenvalue weighted by Gasteiger charge is -2.09. The van der Waals surface area contributed by atoms with E-state index in [2.05, 4.69) is 13.2 Å². The van der Waals surface area contributed by atoms with E-state index in [1.54, 1.807) is 0 Å². The number of carbonyl (C=O) groups is 2. The largest absolute Gasteiger partial charge is 0.478 e. The zero-order chi connectivity index (χ0) is 16.7. The van der Waals surface area contributed by atoms with E-state index in [1.807, 2.05) is 20.8 Å².